The van der Waals surface area contributed by atoms with Gasteiger partial charge in [0, 0.05) is 25.2 Å². The Morgan fingerprint density at radius 1 is 1.20 bits per heavy atom. The van der Waals surface area contributed by atoms with E-state index in [0.717, 1.165) is 12.0 Å². The Balaban J connectivity index is 2.00. The van der Waals surface area contributed by atoms with Gasteiger partial charge in [0.05, 0.1) is 0 Å². The summed E-state index contributed by atoms with van der Waals surface area (Å²) < 4.78 is 0. The first-order valence-electron chi connectivity index (χ1n) is 8.08. The fraction of sp³-hybridized carbons (Fsp3) is 0.667. The summed E-state index contributed by atoms with van der Waals surface area (Å²) in [6.07, 6.45) is 2.74. The molecule has 0 spiro atoms. The molecule has 4 atom stereocenters. The van der Waals surface area contributed by atoms with E-state index in [1.165, 1.54) is 31.5 Å². The molecule has 1 heterocycles. The smallest absolute Gasteiger partial charge is 0.0355 e. The van der Waals surface area contributed by atoms with Crippen molar-refractivity contribution in [3.8, 4) is 0 Å². The summed E-state index contributed by atoms with van der Waals surface area (Å²) in [6.45, 7) is 9.59. The average Bonchev–Trinajstić information content (AvgIpc) is 2.45. The summed E-state index contributed by atoms with van der Waals surface area (Å²) in [5.41, 5.74) is 1.40. The molecule has 1 aliphatic rings. The minimum Gasteiger partial charge on any atom is -0.313 e. The predicted octanol–water partition coefficient (Wildman–Crippen LogP) is 3.70. The summed E-state index contributed by atoms with van der Waals surface area (Å²) in [5, 5.41) is 3.51. The molecule has 0 bridgehead atoms. The lowest BCUT2D eigenvalue weighted by molar-refractivity contribution is 0.0999. The Bertz CT molecular complexity index is 390. The lowest BCUT2D eigenvalue weighted by Gasteiger charge is -2.39. The van der Waals surface area contributed by atoms with Gasteiger partial charge in [-0.05, 0) is 44.2 Å². The zero-order valence-corrected chi connectivity index (χ0v) is 13.5. The van der Waals surface area contributed by atoms with Crippen molar-refractivity contribution in [1.82, 2.24) is 10.2 Å². The topological polar surface area (TPSA) is 15.3 Å². The van der Waals surface area contributed by atoms with Gasteiger partial charge >= 0.3 is 0 Å². The molecule has 2 nitrogen and oxygen atoms in total. The van der Waals surface area contributed by atoms with Gasteiger partial charge in [0.15, 0.2) is 0 Å². The van der Waals surface area contributed by atoms with Crippen LogP contribution in [0.3, 0.4) is 0 Å². The summed E-state index contributed by atoms with van der Waals surface area (Å²) in [7, 11) is 2.08. The molecule has 20 heavy (non-hydrogen) atoms. The van der Waals surface area contributed by atoms with Gasteiger partial charge in [0.2, 0.25) is 0 Å². The van der Waals surface area contributed by atoms with Crippen molar-refractivity contribution in [2.75, 3.05) is 20.1 Å². The van der Waals surface area contributed by atoms with Crippen LogP contribution in [0.15, 0.2) is 30.3 Å². The van der Waals surface area contributed by atoms with Gasteiger partial charge in [0.1, 0.15) is 0 Å². The van der Waals surface area contributed by atoms with E-state index in [4.69, 9.17) is 0 Å². The Morgan fingerprint density at radius 2 is 1.90 bits per heavy atom. The molecule has 2 rings (SSSR count). The number of hydrogen-bond acceptors (Lipinski definition) is 2. The maximum Gasteiger partial charge on any atom is 0.0355 e. The minimum atomic E-state index is 0.445. The molecule has 1 aromatic rings. The van der Waals surface area contributed by atoms with Crippen molar-refractivity contribution < 1.29 is 0 Å². The summed E-state index contributed by atoms with van der Waals surface area (Å²) in [5.74, 6) is 1.47. The first-order chi connectivity index (χ1) is 9.61. The highest BCUT2D eigenvalue weighted by Crippen LogP contribution is 2.27. The van der Waals surface area contributed by atoms with Crippen molar-refractivity contribution >= 4 is 0 Å². The minimum absolute atomic E-state index is 0.445. The Morgan fingerprint density at radius 3 is 2.55 bits per heavy atom. The van der Waals surface area contributed by atoms with Crippen LogP contribution in [0, 0.1) is 11.8 Å². The second kappa shape index (κ2) is 7.24. The lowest BCUT2D eigenvalue weighted by Crippen LogP contribution is -2.45. The van der Waals surface area contributed by atoms with Crippen molar-refractivity contribution in [2.45, 2.75) is 45.7 Å². The van der Waals surface area contributed by atoms with Gasteiger partial charge in [-0.2, -0.15) is 0 Å². The van der Waals surface area contributed by atoms with Crippen molar-refractivity contribution in [1.29, 1.82) is 0 Å². The molecule has 2 heteroatoms. The Hall–Kier alpha value is -0.860. The molecular weight excluding hydrogens is 244 g/mol. The number of nitrogens with zero attached hydrogens (tertiary/aromatic N) is 1. The van der Waals surface area contributed by atoms with Crippen LogP contribution in [0.5, 0.6) is 0 Å². The average molecular weight is 274 g/mol. The van der Waals surface area contributed by atoms with Gasteiger partial charge in [-0.3, -0.25) is 0 Å². The van der Waals surface area contributed by atoms with E-state index >= 15 is 0 Å². The molecule has 0 aromatic heterocycles. The molecule has 0 aliphatic carbocycles. The summed E-state index contributed by atoms with van der Waals surface area (Å²) >= 11 is 0. The standard InChI is InChI=1S/C18H30N2/c1-14-10-11-16(3)20(12-14)13-15(2)18(19-4)17-8-6-5-7-9-17/h5-9,14-16,18-19H,10-13H2,1-4H3. The van der Waals surface area contributed by atoms with E-state index in [1.807, 2.05) is 0 Å². The van der Waals surface area contributed by atoms with E-state index < -0.39 is 0 Å². The molecule has 0 amide bonds. The highest BCUT2D eigenvalue weighted by atomic mass is 15.2. The van der Waals surface area contributed by atoms with Gasteiger partial charge in [-0.25, -0.2) is 0 Å². The predicted molar refractivity (Wildman–Crippen MR) is 86.8 cm³/mol. The number of hydrogen-bond donors (Lipinski definition) is 1. The quantitative estimate of drug-likeness (QED) is 0.880. The highest BCUT2D eigenvalue weighted by molar-refractivity contribution is 5.19. The molecule has 1 N–H and O–H groups in total. The SMILES string of the molecule is CNC(c1ccccc1)C(C)CN1CC(C)CCC1C. The number of piperidine rings is 1. The van der Waals surface area contributed by atoms with Crippen LogP contribution >= 0.6 is 0 Å². The van der Waals surface area contributed by atoms with Crippen molar-refractivity contribution in [2.24, 2.45) is 11.8 Å². The molecular formula is C18H30N2. The van der Waals surface area contributed by atoms with Crippen molar-refractivity contribution in [3.63, 3.8) is 0 Å². The molecule has 0 saturated carbocycles. The van der Waals surface area contributed by atoms with Crippen molar-refractivity contribution in [3.05, 3.63) is 35.9 Å². The first kappa shape index (κ1) is 15.5. The molecule has 1 saturated heterocycles. The van der Waals surface area contributed by atoms with Gasteiger partial charge in [0.25, 0.3) is 0 Å². The highest BCUT2D eigenvalue weighted by Gasteiger charge is 2.26. The number of nitrogens with one attached hydrogen (secondary N) is 1. The molecule has 1 fully saturated rings. The molecule has 4 unspecified atom stereocenters. The van der Waals surface area contributed by atoms with Crippen LogP contribution in [-0.4, -0.2) is 31.1 Å². The third-order valence-electron chi connectivity index (χ3n) is 4.81. The van der Waals surface area contributed by atoms with E-state index in [2.05, 4.69) is 68.4 Å². The van der Waals surface area contributed by atoms with Crippen LogP contribution in [0.1, 0.15) is 45.2 Å². The largest absolute Gasteiger partial charge is 0.313 e. The van der Waals surface area contributed by atoms with Crippen LogP contribution in [0.25, 0.3) is 0 Å². The number of rotatable bonds is 5. The molecule has 112 valence electrons. The monoisotopic (exact) mass is 274 g/mol. The fourth-order valence-corrected chi connectivity index (χ4v) is 3.55. The zero-order valence-electron chi connectivity index (χ0n) is 13.5. The van der Waals surface area contributed by atoms with E-state index in [0.29, 0.717) is 12.0 Å². The van der Waals surface area contributed by atoms with E-state index in [9.17, 15) is 0 Å². The Labute approximate surface area is 124 Å². The van der Waals surface area contributed by atoms with E-state index in [-0.39, 0.29) is 0 Å². The van der Waals surface area contributed by atoms with Gasteiger partial charge in [-0.1, -0.05) is 44.2 Å². The van der Waals surface area contributed by atoms with Crippen LogP contribution in [0.2, 0.25) is 0 Å². The van der Waals surface area contributed by atoms with Crippen LogP contribution < -0.4 is 5.32 Å². The second-order valence-electron chi connectivity index (χ2n) is 6.64. The lowest BCUT2D eigenvalue weighted by atomic mass is 9.90. The number of benzene rings is 1. The number of likely N-dealkylation sites (tertiary alicyclic amines) is 1. The second-order valence-corrected chi connectivity index (χ2v) is 6.64. The molecule has 1 aliphatic heterocycles. The zero-order chi connectivity index (χ0) is 14.5. The maximum atomic E-state index is 3.51. The normalized spacial score (nSPS) is 27.2. The first-order valence-corrected chi connectivity index (χ1v) is 8.08. The maximum absolute atomic E-state index is 3.51. The van der Waals surface area contributed by atoms with Crippen LogP contribution in [0.4, 0.5) is 0 Å². The van der Waals surface area contributed by atoms with Crippen LogP contribution in [-0.2, 0) is 0 Å². The third kappa shape index (κ3) is 3.83. The molecule has 0 radical (unpaired) electrons. The Kier molecular flexibility index (Phi) is 5.62. The summed E-state index contributed by atoms with van der Waals surface area (Å²) in [4.78, 5) is 2.69. The fourth-order valence-electron chi connectivity index (χ4n) is 3.55. The van der Waals surface area contributed by atoms with E-state index in [1.54, 1.807) is 0 Å². The van der Waals surface area contributed by atoms with Gasteiger partial charge < -0.3 is 10.2 Å². The summed E-state index contributed by atoms with van der Waals surface area (Å²) in [6, 6.07) is 12.0. The third-order valence-corrected chi connectivity index (χ3v) is 4.81. The molecule has 1 aromatic carbocycles. The van der Waals surface area contributed by atoms with Gasteiger partial charge in [-0.15, -0.1) is 0 Å².